The van der Waals surface area contributed by atoms with E-state index in [1.165, 1.54) is 10.8 Å². The SMILES string of the molecule is C[Si](C)(C)C1=CC([Si](C)(C)C)[C-]=C1.C[Si](C)=[Ti+2].[Cl-].[Cl-].c1ccc2[cH-]ccc2c1. The molecule has 2 aromatic carbocycles. The van der Waals surface area contributed by atoms with Crippen LogP contribution >= 0.6 is 0 Å². The summed E-state index contributed by atoms with van der Waals surface area (Å²) in [6.07, 6.45) is 8.40. The molecule has 0 saturated heterocycles. The summed E-state index contributed by atoms with van der Waals surface area (Å²) in [6, 6.07) is 14.7. The van der Waals surface area contributed by atoms with Gasteiger partial charge in [-0.15, -0.1) is 35.2 Å². The van der Waals surface area contributed by atoms with Crippen LogP contribution in [0.4, 0.5) is 0 Å². The van der Waals surface area contributed by atoms with Crippen molar-refractivity contribution in [2.75, 3.05) is 0 Å². The summed E-state index contributed by atoms with van der Waals surface area (Å²) < 4.78 is 0. The number of halogens is 2. The van der Waals surface area contributed by atoms with Gasteiger partial charge >= 0.3 is 38.5 Å². The molecule has 154 valence electrons. The second kappa shape index (κ2) is 13.5. The van der Waals surface area contributed by atoms with Gasteiger partial charge in [-0.3, -0.25) is 6.08 Å². The number of hydrogen-bond donors (Lipinski definition) is 0. The molecule has 0 aromatic heterocycles. The van der Waals surface area contributed by atoms with Crippen LogP contribution in [0.15, 0.2) is 59.8 Å². The molecule has 28 heavy (non-hydrogen) atoms. The summed E-state index contributed by atoms with van der Waals surface area (Å²) in [5, 5.41) is 4.26. The third-order valence-corrected chi connectivity index (χ3v) is 8.35. The molecule has 1 aliphatic rings. The number of allylic oxidation sites excluding steroid dienone is 4. The van der Waals surface area contributed by atoms with Crippen molar-refractivity contribution >= 4 is 33.1 Å². The first kappa shape index (κ1) is 30.4. The van der Waals surface area contributed by atoms with Crippen LogP contribution in [0.1, 0.15) is 0 Å². The number of benzene rings is 1. The van der Waals surface area contributed by atoms with Crippen LogP contribution in [0, 0.1) is 6.08 Å². The van der Waals surface area contributed by atoms with Crippen LogP contribution in [-0.4, -0.2) is 22.3 Å². The molecule has 2 aromatic rings. The largest absolute Gasteiger partial charge is 1.00 e. The van der Waals surface area contributed by atoms with Crippen LogP contribution in [-0.2, 0) is 19.2 Å². The molecule has 0 spiro atoms. The molecule has 0 heterocycles. The molecule has 0 aliphatic heterocycles. The van der Waals surface area contributed by atoms with Gasteiger partial charge in [0.15, 0.2) is 0 Å². The van der Waals surface area contributed by atoms with Crippen LogP contribution < -0.4 is 24.8 Å². The van der Waals surface area contributed by atoms with Crippen molar-refractivity contribution in [3.63, 3.8) is 0 Å². The fourth-order valence-corrected chi connectivity index (χ4v) is 5.10. The quantitative estimate of drug-likeness (QED) is 0.429. The van der Waals surface area contributed by atoms with Gasteiger partial charge in [0.1, 0.15) is 0 Å². The summed E-state index contributed by atoms with van der Waals surface area (Å²) in [6.45, 7) is 19.0. The zero-order valence-corrected chi connectivity index (χ0v) is 24.6. The Balaban J connectivity index is 0. The van der Waals surface area contributed by atoms with Gasteiger partial charge in [0.2, 0.25) is 0 Å². The Morgan fingerprint density at radius 3 is 1.89 bits per heavy atom. The van der Waals surface area contributed by atoms with Gasteiger partial charge in [0.05, 0.1) is 0 Å². The van der Waals surface area contributed by atoms with Crippen LogP contribution in [0.5, 0.6) is 0 Å². The van der Waals surface area contributed by atoms with E-state index in [1.807, 2.05) is 0 Å². The summed E-state index contributed by atoms with van der Waals surface area (Å²) >= 11 is 2.27. The minimum Gasteiger partial charge on any atom is -1.00 e. The van der Waals surface area contributed by atoms with E-state index in [0.29, 0.717) is 5.54 Å². The summed E-state index contributed by atoms with van der Waals surface area (Å²) in [5.74, 6) is 0. The molecular formula is C22H34Cl2Si3Ti-2. The Labute approximate surface area is 199 Å². The molecule has 0 radical (unpaired) electrons. The second-order valence-electron chi connectivity index (χ2n) is 9.18. The van der Waals surface area contributed by atoms with Crippen molar-refractivity contribution < 1.29 is 44.0 Å². The van der Waals surface area contributed by atoms with Gasteiger partial charge in [0.25, 0.3) is 0 Å². The average molecular weight is 502 g/mol. The average Bonchev–Trinajstić information content (AvgIpc) is 3.16. The smallest absolute Gasteiger partial charge is 0.0809 e. The fourth-order valence-electron chi connectivity index (χ4n) is 2.49. The van der Waals surface area contributed by atoms with Crippen molar-refractivity contribution in [3.8, 4) is 0 Å². The summed E-state index contributed by atoms with van der Waals surface area (Å²) in [7, 11) is -2.12. The maximum absolute atomic E-state index is 3.53. The molecule has 3 rings (SSSR count). The van der Waals surface area contributed by atoms with E-state index in [-0.39, 0.29) is 31.0 Å². The van der Waals surface area contributed by atoms with E-state index in [2.05, 4.69) is 132 Å². The van der Waals surface area contributed by atoms with Crippen LogP contribution in [0.25, 0.3) is 10.8 Å². The topological polar surface area (TPSA) is 0 Å². The van der Waals surface area contributed by atoms with Crippen molar-refractivity contribution in [1.82, 2.24) is 0 Å². The first-order chi connectivity index (χ1) is 11.9. The predicted molar refractivity (Wildman–Crippen MR) is 123 cm³/mol. The molecule has 0 nitrogen and oxygen atoms in total. The molecule has 0 amide bonds. The minimum absolute atomic E-state index is 0. The van der Waals surface area contributed by atoms with Crippen molar-refractivity contribution in [3.05, 3.63) is 65.9 Å². The number of hydrogen-bond acceptors (Lipinski definition) is 0. The van der Waals surface area contributed by atoms with E-state index in [9.17, 15) is 0 Å². The zero-order chi connectivity index (χ0) is 20.0. The zero-order valence-electron chi connectivity index (χ0n) is 18.5. The Bertz CT molecular complexity index is 747. The fraction of sp³-hybridized carbons (Fsp3) is 0.409. The van der Waals surface area contributed by atoms with Crippen molar-refractivity contribution in [2.24, 2.45) is 0 Å². The summed E-state index contributed by atoms with van der Waals surface area (Å²) in [4.78, 5) is 0. The van der Waals surface area contributed by atoms with E-state index < -0.39 is 16.1 Å². The maximum Gasteiger partial charge on any atom is -0.0809 e. The first-order valence-electron chi connectivity index (χ1n) is 9.35. The van der Waals surface area contributed by atoms with Gasteiger partial charge in [0, 0.05) is 8.07 Å². The Hall–Kier alpha value is 0.255. The molecular weight excluding hydrogens is 467 g/mol. The third-order valence-electron chi connectivity index (χ3n) is 4.11. The number of fused-ring (bicyclic) bond motifs is 1. The Morgan fingerprint density at radius 2 is 1.50 bits per heavy atom. The molecule has 0 N–H and O–H groups in total. The Kier molecular flexibility index (Phi) is 14.7. The molecule has 0 saturated carbocycles. The van der Waals surface area contributed by atoms with Gasteiger partial charge in [-0.2, -0.15) is 23.6 Å². The second-order valence-corrected chi connectivity index (χ2v) is 26.3. The van der Waals surface area contributed by atoms with E-state index in [4.69, 9.17) is 0 Å². The first-order valence-corrected chi connectivity index (χ1v) is 21.3. The van der Waals surface area contributed by atoms with E-state index in [0.717, 1.165) is 0 Å². The normalized spacial score (nSPS) is 15.2. The molecule has 1 aliphatic carbocycles. The van der Waals surface area contributed by atoms with E-state index >= 15 is 0 Å². The van der Waals surface area contributed by atoms with Crippen LogP contribution in [0.3, 0.4) is 0 Å². The standard InChI is InChI=1S/C11H21Si2.C9H7.C2H6Si.2ClH.Ti/c1-12(2,3)10-7-8-11(9-10)13(4,5)6;1-2-5-9-7-3-6-8(9)4-1;1-3-2;;;/h7,9,11H,1-6H3;1-7H;1-2H3;2*1H;/q2*-1;;;;+2/p-2. The van der Waals surface area contributed by atoms with Gasteiger partial charge in [-0.05, 0) is 8.07 Å². The Morgan fingerprint density at radius 1 is 0.964 bits per heavy atom. The van der Waals surface area contributed by atoms with Gasteiger partial charge < -0.3 is 24.8 Å². The van der Waals surface area contributed by atoms with Crippen molar-refractivity contribution in [2.45, 2.75) is 57.9 Å². The molecule has 1 atom stereocenters. The predicted octanol–water partition coefficient (Wildman–Crippen LogP) is 1.22. The maximum atomic E-state index is 3.53. The minimum atomic E-state index is -1.08. The van der Waals surface area contributed by atoms with Gasteiger partial charge in [-0.25, -0.2) is 11.3 Å². The van der Waals surface area contributed by atoms with E-state index in [1.54, 1.807) is 5.20 Å². The van der Waals surface area contributed by atoms with Crippen molar-refractivity contribution in [1.29, 1.82) is 0 Å². The molecule has 1 unspecified atom stereocenters. The molecule has 0 fully saturated rings. The summed E-state index contributed by atoms with van der Waals surface area (Å²) in [5.41, 5.74) is 0.661. The number of rotatable bonds is 2. The molecule has 0 bridgehead atoms. The third kappa shape index (κ3) is 11.4. The monoisotopic (exact) mass is 500 g/mol. The van der Waals surface area contributed by atoms with Crippen LogP contribution in [0.2, 0.25) is 57.9 Å². The van der Waals surface area contributed by atoms with Gasteiger partial charge in [-0.1, -0.05) is 45.3 Å². The molecule has 6 heteroatoms.